The highest BCUT2D eigenvalue weighted by Crippen LogP contribution is 2.22. The molecule has 1 saturated heterocycles. The summed E-state index contributed by atoms with van der Waals surface area (Å²) in [6, 6.07) is 9.56. The average molecular weight is 247 g/mol. The third-order valence-corrected chi connectivity index (χ3v) is 3.86. The maximum absolute atomic E-state index is 5.75. The Morgan fingerprint density at radius 1 is 1.22 bits per heavy atom. The Bertz CT molecular complexity index is 361. The highest BCUT2D eigenvalue weighted by molar-refractivity contribution is 5.49. The van der Waals surface area contributed by atoms with E-state index in [1.165, 1.54) is 11.3 Å². The van der Waals surface area contributed by atoms with Crippen molar-refractivity contribution < 1.29 is 0 Å². The van der Waals surface area contributed by atoms with Gasteiger partial charge >= 0.3 is 0 Å². The number of anilines is 1. The molecular formula is C15H25N3. The second kappa shape index (κ2) is 6.21. The van der Waals surface area contributed by atoms with Crippen LogP contribution in [0, 0.1) is 0 Å². The molecule has 0 bridgehead atoms. The molecule has 0 amide bonds. The first-order valence-electron chi connectivity index (χ1n) is 6.98. The van der Waals surface area contributed by atoms with Crippen molar-refractivity contribution in [3.8, 4) is 0 Å². The Morgan fingerprint density at radius 3 is 2.56 bits per heavy atom. The van der Waals surface area contributed by atoms with E-state index < -0.39 is 0 Å². The van der Waals surface area contributed by atoms with Crippen LogP contribution in [0.3, 0.4) is 0 Å². The van der Waals surface area contributed by atoms with Gasteiger partial charge < -0.3 is 15.5 Å². The Hall–Kier alpha value is -1.06. The van der Waals surface area contributed by atoms with Crippen molar-refractivity contribution in [1.29, 1.82) is 0 Å². The number of hydrogen-bond acceptors (Lipinski definition) is 3. The lowest BCUT2D eigenvalue weighted by Crippen LogP contribution is -2.52. The standard InChI is InChI=1S/C15H25N3/c1-3-13-4-6-14(7-5-13)18-11-10-17(2)12-15(18)8-9-16/h4-7,15H,3,8-12,16H2,1-2H3. The summed E-state index contributed by atoms with van der Waals surface area (Å²) in [4.78, 5) is 4.92. The molecule has 1 aliphatic rings. The molecule has 1 atom stereocenters. The number of hydrogen-bond donors (Lipinski definition) is 1. The van der Waals surface area contributed by atoms with Crippen LogP contribution in [-0.2, 0) is 6.42 Å². The van der Waals surface area contributed by atoms with E-state index in [2.05, 4.69) is 48.0 Å². The van der Waals surface area contributed by atoms with E-state index in [0.717, 1.165) is 39.0 Å². The summed E-state index contributed by atoms with van der Waals surface area (Å²) in [5.41, 5.74) is 8.50. The lowest BCUT2D eigenvalue weighted by Gasteiger charge is -2.41. The lowest BCUT2D eigenvalue weighted by atomic mass is 10.1. The minimum atomic E-state index is 0.557. The fourth-order valence-corrected chi connectivity index (χ4v) is 2.71. The zero-order chi connectivity index (χ0) is 13.0. The monoisotopic (exact) mass is 247 g/mol. The van der Waals surface area contributed by atoms with Gasteiger partial charge in [0.2, 0.25) is 0 Å². The molecule has 3 nitrogen and oxygen atoms in total. The molecule has 1 aliphatic heterocycles. The van der Waals surface area contributed by atoms with Crippen LogP contribution in [0.5, 0.6) is 0 Å². The summed E-state index contributed by atoms with van der Waals surface area (Å²) < 4.78 is 0. The van der Waals surface area contributed by atoms with Gasteiger partial charge in [0.05, 0.1) is 0 Å². The Labute approximate surface area is 111 Å². The number of aryl methyl sites for hydroxylation is 1. The molecule has 1 aromatic rings. The number of likely N-dealkylation sites (N-methyl/N-ethyl adjacent to an activating group) is 1. The molecule has 0 radical (unpaired) electrons. The predicted molar refractivity (Wildman–Crippen MR) is 78.1 cm³/mol. The molecule has 100 valence electrons. The van der Waals surface area contributed by atoms with Crippen LogP contribution in [-0.4, -0.2) is 44.2 Å². The van der Waals surface area contributed by atoms with Crippen molar-refractivity contribution in [3.63, 3.8) is 0 Å². The molecular weight excluding hydrogens is 222 g/mol. The van der Waals surface area contributed by atoms with Gasteiger partial charge in [-0.05, 0) is 44.1 Å². The van der Waals surface area contributed by atoms with E-state index in [-0.39, 0.29) is 0 Å². The molecule has 0 spiro atoms. The highest BCUT2D eigenvalue weighted by Gasteiger charge is 2.24. The van der Waals surface area contributed by atoms with Gasteiger partial charge in [-0.25, -0.2) is 0 Å². The fourth-order valence-electron chi connectivity index (χ4n) is 2.71. The van der Waals surface area contributed by atoms with E-state index in [0.29, 0.717) is 6.04 Å². The summed E-state index contributed by atoms with van der Waals surface area (Å²) in [5.74, 6) is 0. The molecule has 18 heavy (non-hydrogen) atoms. The summed E-state index contributed by atoms with van der Waals surface area (Å²) in [6.07, 6.45) is 2.18. The van der Waals surface area contributed by atoms with E-state index in [4.69, 9.17) is 5.73 Å². The summed E-state index contributed by atoms with van der Waals surface area (Å²) in [6.45, 7) is 6.32. The van der Waals surface area contributed by atoms with Crippen LogP contribution >= 0.6 is 0 Å². The van der Waals surface area contributed by atoms with E-state index in [1.807, 2.05) is 0 Å². The minimum Gasteiger partial charge on any atom is -0.366 e. The van der Waals surface area contributed by atoms with Crippen LogP contribution in [0.2, 0.25) is 0 Å². The second-order valence-corrected chi connectivity index (χ2v) is 5.21. The van der Waals surface area contributed by atoms with Gasteiger partial charge in [0.25, 0.3) is 0 Å². The van der Waals surface area contributed by atoms with Crippen LogP contribution in [0.4, 0.5) is 5.69 Å². The zero-order valence-corrected chi connectivity index (χ0v) is 11.6. The Balaban J connectivity index is 2.12. The molecule has 0 aliphatic carbocycles. The van der Waals surface area contributed by atoms with Crippen molar-refractivity contribution in [1.82, 2.24) is 4.90 Å². The van der Waals surface area contributed by atoms with Gasteiger partial charge in [0, 0.05) is 31.4 Å². The van der Waals surface area contributed by atoms with Crippen LogP contribution in [0.25, 0.3) is 0 Å². The van der Waals surface area contributed by atoms with Crippen molar-refractivity contribution >= 4 is 5.69 Å². The first-order valence-corrected chi connectivity index (χ1v) is 6.98. The molecule has 1 fully saturated rings. The van der Waals surface area contributed by atoms with Crippen LogP contribution in [0.1, 0.15) is 18.9 Å². The molecule has 0 saturated carbocycles. The predicted octanol–water partition coefficient (Wildman–Crippen LogP) is 1.72. The van der Waals surface area contributed by atoms with E-state index >= 15 is 0 Å². The van der Waals surface area contributed by atoms with Gasteiger partial charge in [-0.1, -0.05) is 19.1 Å². The van der Waals surface area contributed by atoms with Crippen molar-refractivity contribution in [2.24, 2.45) is 5.73 Å². The first-order chi connectivity index (χ1) is 8.74. The van der Waals surface area contributed by atoms with Gasteiger partial charge in [-0.3, -0.25) is 0 Å². The largest absolute Gasteiger partial charge is 0.366 e. The third-order valence-electron chi connectivity index (χ3n) is 3.86. The maximum Gasteiger partial charge on any atom is 0.0429 e. The van der Waals surface area contributed by atoms with Gasteiger partial charge in [0.15, 0.2) is 0 Å². The van der Waals surface area contributed by atoms with Gasteiger partial charge in [-0.2, -0.15) is 0 Å². The molecule has 1 unspecified atom stereocenters. The van der Waals surface area contributed by atoms with Crippen molar-refractivity contribution in [2.45, 2.75) is 25.8 Å². The highest BCUT2D eigenvalue weighted by atomic mass is 15.3. The van der Waals surface area contributed by atoms with E-state index in [1.54, 1.807) is 0 Å². The van der Waals surface area contributed by atoms with Crippen LogP contribution in [0.15, 0.2) is 24.3 Å². The molecule has 2 rings (SSSR count). The number of nitrogens with two attached hydrogens (primary N) is 1. The maximum atomic E-state index is 5.75. The summed E-state index contributed by atoms with van der Waals surface area (Å²) in [5, 5.41) is 0. The Kier molecular flexibility index (Phi) is 4.61. The van der Waals surface area contributed by atoms with Gasteiger partial charge in [-0.15, -0.1) is 0 Å². The van der Waals surface area contributed by atoms with Crippen molar-refractivity contribution in [3.05, 3.63) is 29.8 Å². The third kappa shape index (κ3) is 3.03. The molecule has 1 heterocycles. The number of benzene rings is 1. The molecule has 3 heteroatoms. The lowest BCUT2D eigenvalue weighted by molar-refractivity contribution is 0.262. The number of rotatable bonds is 4. The number of nitrogens with zero attached hydrogens (tertiary/aromatic N) is 2. The summed E-state index contributed by atoms with van der Waals surface area (Å²) in [7, 11) is 2.20. The Morgan fingerprint density at radius 2 is 1.94 bits per heavy atom. The van der Waals surface area contributed by atoms with E-state index in [9.17, 15) is 0 Å². The quantitative estimate of drug-likeness (QED) is 0.879. The molecule has 2 N–H and O–H groups in total. The average Bonchev–Trinajstić information content (AvgIpc) is 2.40. The van der Waals surface area contributed by atoms with Crippen molar-refractivity contribution in [2.75, 3.05) is 38.1 Å². The molecule has 0 aromatic heterocycles. The zero-order valence-electron chi connectivity index (χ0n) is 11.6. The SMILES string of the molecule is CCc1ccc(N2CCN(C)CC2CCN)cc1. The number of piperazine rings is 1. The fraction of sp³-hybridized carbons (Fsp3) is 0.600. The normalized spacial score (nSPS) is 21.3. The second-order valence-electron chi connectivity index (χ2n) is 5.21. The van der Waals surface area contributed by atoms with Crippen LogP contribution < -0.4 is 10.6 Å². The summed E-state index contributed by atoms with van der Waals surface area (Å²) >= 11 is 0. The smallest absolute Gasteiger partial charge is 0.0429 e. The topological polar surface area (TPSA) is 32.5 Å². The first kappa shape index (κ1) is 13.4. The van der Waals surface area contributed by atoms with Gasteiger partial charge in [0.1, 0.15) is 0 Å². The minimum absolute atomic E-state index is 0.557. The molecule has 1 aromatic carbocycles.